The van der Waals surface area contributed by atoms with Crippen molar-refractivity contribution in [3.63, 3.8) is 0 Å². The van der Waals surface area contributed by atoms with E-state index in [1.165, 1.54) is 180 Å². The lowest BCUT2D eigenvalue weighted by Gasteiger charge is -2.46. The number of nitrogens with one attached hydrogen (secondary N) is 1. The minimum absolute atomic E-state index is 0.202. The van der Waals surface area contributed by atoms with Gasteiger partial charge in [-0.1, -0.05) is 239 Å². The molecule has 0 radical (unpaired) electrons. The predicted octanol–water partition coefficient (Wildman–Crippen LogP) is 9.34. The van der Waals surface area contributed by atoms with Crippen LogP contribution in [0.5, 0.6) is 0 Å². The average molecular weight is 1000 g/mol. The molecule has 12 unspecified atom stereocenters. The van der Waals surface area contributed by atoms with Crippen LogP contribution in [-0.2, 0) is 23.7 Å². The summed E-state index contributed by atoms with van der Waals surface area (Å²) in [7, 11) is 0. The Morgan fingerprint density at radius 3 is 1.21 bits per heavy atom. The van der Waals surface area contributed by atoms with E-state index in [0.717, 1.165) is 51.4 Å². The summed E-state index contributed by atoms with van der Waals surface area (Å²) in [5.41, 5.74) is 0. The first kappa shape index (κ1) is 65.1. The lowest BCUT2D eigenvalue weighted by molar-refractivity contribution is -0.359. The smallest absolute Gasteiger partial charge is 0.220 e. The van der Waals surface area contributed by atoms with E-state index in [0.29, 0.717) is 12.8 Å². The summed E-state index contributed by atoms with van der Waals surface area (Å²) >= 11 is 0. The van der Waals surface area contributed by atoms with Gasteiger partial charge in [-0.3, -0.25) is 4.79 Å². The average Bonchev–Trinajstić information content (AvgIpc) is 3.36. The zero-order valence-electron chi connectivity index (χ0n) is 44.5. The number of carbonyl (C=O) groups excluding carboxylic acids is 1. The standard InChI is InChI=1S/C56H109NO13/c1-3-5-7-9-11-13-15-17-18-19-20-21-22-23-24-25-26-28-29-31-33-35-37-39-45(60)44(57-48(61)40-38-36-34-32-30-27-16-14-12-10-8-6-4-2)43-67-55-53(66)51(64)54(47(42-59)69-55)70-56-52(65)50(63)49(62)46(41-58)68-56/h44-47,49-56,58-60,62-66H,3-43H2,1-2H3,(H,57,61). The molecule has 12 atom stereocenters. The van der Waals surface area contributed by atoms with Crippen molar-refractivity contribution in [3.8, 4) is 0 Å². The van der Waals surface area contributed by atoms with E-state index in [4.69, 9.17) is 18.9 Å². The van der Waals surface area contributed by atoms with Gasteiger partial charge in [0.25, 0.3) is 0 Å². The molecule has 2 fully saturated rings. The molecule has 9 N–H and O–H groups in total. The molecule has 14 heteroatoms. The van der Waals surface area contributed by atoms with Gasteiger partial charge in [0.05, 0.1) is 32.0 Å². The van der Waals surface area contributed by atoms with Crippen LogP contribution < -0.4 is 5.32 Å². The van der Waals surface area contributed by atoms with Crippen molar-refractivity contribution in [2.75, 3.05) is 19.8 Å². The fourth-order valence-electron chi connectivity index (χ4n) is 10.1. The number of ether oxygens (including phenoxy) is 4. The van der Waals surface area contributed by atoms with E-state index in [2.05, 4.69) is 19.2 Å². The van der Waals surface area contributed by atoms with Gasteiger partial charge in [0.2, 0.25) is 5.91 Å². The molecule has 2 aliphatic heterocycles. The van der Waals surface area contributed by atoms with Crippen molar-refractivity contribution in [2.45, 2.75) is 331 Å². The monoisotopic (exact) mass is 1000 g/mol. The van der Waals surface area contributed by atoms with E-state index >= 15 is 0 Å². The summed E-state index contributed by atoms with van der Waals surface area (Å²) in [5.74, 6) is -0.202. The second-order valence-electron chi connectivity index (χ2n) is 21.1. The first-order chi connectivity index (χ1) is 34.1. The molecule has 0 bridgehead atoms. The number of aliphatic hydroxyl groups excluding tert-OH is 8. The Bertz CT molecular complexity index is 1180. The van der Waals surface area contributed by atoms with Crippen molar-refractivity contribution < 1.29 is 64.6 Å². The van der Waals surface area contributed by atoms with Gasteiger partial charge in [-0.2, -0.15) is 0 Å². The van der Waals surface area contributed by atoms with Crippen molar-refractivity contribution >= 4 is 5.91 Å². The minimum Gasteiger partial charge on any atom is -0.394 e. The van der Waals surface area contributed by atoms with Crippen LogP contribution in [0, 0.1) is 0 Å². The number of hydrogen-bond acceptors (Lipinski definition) is 13. The summed E-state index contributed by atoms with van der Waals surface area (Å²) in [5, 5.41) is 87.1. The number of aliphatic hydroxyl groups is 8. The lowest BCUT2D eigenvalue weighted by atomic mass is 9.97. The minimum atomic E-state index is -1.78. The molecule has 416 valence electrons. The zero-order valence-corrected chi connectivity index (χ0v) is 44.5. The summed E-state index contributed by atoms with van der Waals surface area (Å²) in [6.07, 6.45) is 29.6. The molecule has 2 rings (SSSR count). The number of carbonyl (C=O) groups is 1. The van der Waals surface area contributed by atoms with Crippen LogP contribution in [0.15, 0.2) is 0 Å². The van der Waals surface area contributed by atoms with Crippen LogP contribution in [0.2, 0.25) is 0 Å². The quantitative estimate of drug-likeness (QED) is 0.0259. The third kappa shape index (κ3) is 29.2. The number of amides is 1. The Balaban J connectivity index is 1.73. The molecule has 70 heavy (non-hydrogen) atoms. The fourth-order valence-corrected chi connectivity index (χ4v) is 10.1. The number of rotatable bonds is 47. The Morgan fingerprint density at radius 2 is 0.814 bits per heavy atom. The summed E-state index contributed by atoms with van der Waals surface area (Å²) in [6, 6.07) is -0.821. The Hall–Kier alpha value is -1.01. The molecule has 0 spiro atoms. The van der Waals surface area contributed by atoms with Gasteiger partial charge in [0.15, 0.2) is 12.6 Å². The van der Waals surface area contributed by atoms with Crippen LogP contribution in [0.1, 0.15) is 258 Å². The first-order valence-corrected chi connectivity index (χ1v) is 29.3. The molecular formula is C56H109NO13. The topological polar surface area (TPSA) is 228 Å². The normalized spacial score (nSPS) is 25.9. The van der Waals surface area contributed by atoms with Gasteiger partial charge < -0.3 is 65.1 Å². The SMILES string of the molecule is CCCCCCCCCCCCCCCCCCCCCCCCCC(O)C(COC1OC(CO)C(OC2OC(CO)C(O)C(O)C2O)C(O)C1O)NC(=O)CCCCCCCCCCCCCCC. The van der Waals surface area contributed by atoms with E-state index in [1.807, 2.05) is 0 Å². The van der Waals surface area contributed by atoms with E-state index < -0.39 is 86.8 Å². The van der Waals surface area contributed by atoms with E-state index in [9.17, 15) is 45.6 Å². The highest BCUT2D eigenvalue weighted by atomic mass is 16.7. The van der Waals surface area contributed by atoms with Gasteiger partial charge in [-0.05, 0) is 12.8 Å². The fraction of sp³-hybridized carbons (Fsp3) is 0.982. The van der Waals surface area contributed by atoms with Gasteiger partial charge in [0, 0.05) is 6.42 Å². The molecule has 2 saturated heterocycles. The number of unbranched alkanes of at least 4 members (excludes halogenated alkanes) is 34. The van der Waals surface area contributed by atoms with E-state index in [-0.39, 0.29) is 12.5 Å². The Kier molecular flexibility index (Phi) is 40.2. The molecule has 2 aliphatic rings. The van der Waals surface area contributed by atoms with Crippen molar-refractivity contribution in [3.05, 3.63) is 0 Å². The highest BCUT2D eigenvalue weighted by molar-refractivity contribution is 5.76. The zero-order chi connectivity index (χ0) is 51.0. The maximum absolute atomic E-state index is 13.2. The maximum atomic E-state index is 13.2. The predicted molar refractivity (Wildman–Crippen MR) is 277 cm³/mol. The van der Waals surface area contributed by atoms with Gasteiger partial charge in [0.1, 0.15) is 48.8 Å². The van der Waals surface area contributed by atoms with Crippen LogP contribution >= 0.6 is 0 Å². The second-order valence-corrected chi connectivity index (χ2v) is 21.1. The summed E-state index contributed by atoms with van der Waals surface area (Å²) in [4.78, 5) is 13.2. The lowest BCUT2D eigenvalue weighted by Crippen LogP contribution is -2.65. The van der Waals surface area contributed by atoms with Crippen LogP contribution in [0.3, 0.4) is 0 Å². The van der Waals surface area contributed by atoms with Gasteiger partial charge >= 0.3 is 0 Å². The molecule has 1 amide bonds. The largest absolute Gasteiger partial charge is 0.394 e. The van der Waals surface area contributed by atoms with Crippen molar-refractivity contribution in [1.82, 2.24) is 5.32 Å². The van der Waals surface area contributed by atoms with Crippen LogP contribution in [0.25, 0.3) is 0 Å². The molecule has 0 aromatic rings. The van der Waals surface area contributed by atoms with Gasteiger partial charge in [-0.15, -0.1) is 0 Å². The molecular weight excluding hydrogens is 895 g/mol. The third-order valence-electron chi connectivity index (χ3n) is 14.8. The molecule has 0 aliphatic carbocycles. The Morgan fingerprint density at radius 1 is 0.457 bits per heavy atom. The second kappa shape index (κ2) is 43.3. The first-order valence-electron chi connectivity index (χ1n) is 29.3. The summed E-state index contributed by atoms with van der Waals surface area (Å²) in [6.45, 7) is 2.88. The third-order valence-corrected chi connectivity index (χ3v) is 14.8. The molecule has 14 nitrogen and oxygen atoms in total. The van der Waals surface area contributed by atoms with Crippen LogP contribution in [-0.4, -0.2) is 140 Å². The number of hydrogen-bond donors (Lipinski definition) is 9. The van der Waals surface area contributed by atoms with Crippen LogP contribution in [0.4, 0.5) is 0 Å². The Labute approximate surface area is 425 Å². The summed E-state index contributed by atoms with van der Waals surface area (Å²) < 4.78 is 22.8. The molecule has 0 saturated carbocycles. The highest BCUT2D eigenvalue weighted by Crippen LogP contribution is 2.30. The molecule has 0 aromatic heterocycles. The van der Waals surface area contributed by atoms with E-state index in [1.54, 1.807) is 0 Å². The molecule has 2 heterocycles. The highest BCUT2D eigenvalue weighted by Gasteiger charge is 2.51. The van der Waals surface area contributed by atoms with Gasteiger partial charge in [-0.25, -0.2) is 0 Å². The molecule has 0 aromatic carbocycles. The van der Waals surface area contributed by atoms with Crippen molar-refractivity contribution in [2.24, 2.45) is 0 Å². The van der Waals surface area contributed by atoms with Crippen molar-refractivity contribution in [1.29, 1.82) is 0 Å². The maximum Gasteiger partial charge on any atom is 0.220 e.